The van der Waals surface area contributed by atoms with E-state index in [1.807, 2.05) is 18.0 Å². The largest absolute Gasteiger partial charge is 0.345 e. The van der Waals surface area contributed by atoms with Crippen molar-refractivity contribution in [1.29, 1.82) is 0 Å². The lowest BCUT2D eigenvalue weighted by Gasteiger charge is -2.28. The third-order valence-corrected chi connectivity index (χ3v) is 5.78. The maximum atomic E-state index is 13.0. The second-order valence-electron chi connectivity index (χ2n) is 8.09. The molecule has 1 aromatic heterocycles. The number of carbonyl (C=O) groups is 1. The van der Waals surface area contributed by atoms with Crippen molar-refractivity contribution in [3.8, 4) is 11.3 Å². The summed E-state index contributed by atoms with van der Waals surface area (Å²) in [4.78, 5) is 14.5. The molecule has 0 saturated heterocycles. The van der Waals surface area contributed by atoms with Gasteiger partial charge in [-0.05, 0) is 62.4 Å². The molecule has 0 unspecified atom stereocenters. The van der Waals surface area contributed by atoms with Crippen molar-refractivity contribution >= 4 is 5.91 Å². The van der Waals surface area contributed by atoms with Crippen LogP contribution in [0.15, 0.2) is 30.3 Å². The summed E-state index contributed by atoms with van der Waals surface area (Å²) in [5.41, 5.74) is 2.73. The molecule has 1 fully saturated rings. The monoisotopic (exact) mass is 371 g/mol. The van der Waals surface area contributed by atoms with Gasteiger partial charge in [0.1, 0.15) is 5.82 Å². The third kappa shape index (κ3) is 4.96. The fourth-order valence-electron chi connectivity index (χ4n) is 4.03. The predicted molar refractivity (Wildman–Crippen MR) is 106 cm³/mol. The summed E-state index contributed by atoms with van der Waals surface area (Å²) in [5.74, 6) is 0.0809. The molecular weight excluding hydrogens is 341 g/mol. The van der Waals surface area contributed by atoms with Crippen LogP contribution in [0.1, 0.15) is 57.6 Å². The molecule has 2 aromatic rings. The van der Waals surface area contributed by atoms with Crippen molar-refractivity contribution in [2.24, 2.45) is 5.41 Å². The molecule has 0 radical (unpaired) electrons. The van der Waals surface area contributed by atoms with Crippen LogP contribution in [0.2, 0.25) is 0 Å². The predicted octanol–water partition coefficient (Wildman–Crippen LogP) is 4.97. The van der Waals surface area contributed by atoms with Crippen LogP contribution in [0, 0.1) is 11.2 Å². The number of unbranched alkanes of at least 4 members (excludes halogenated alkanes) is 2. The molecule has 0 bridgehead atoms. The number of nitrogens with zero attached hydrogens (tertiary/aromatic N) is 2. The molecule has 1 amide bonds. The van der Waals surface area contributed by atoms with Crippen LogP contribution in [0.3, 0.4) is 0 Å². The van der Waals surface area contributed by atoms with Gasteiger partial charge in [-0.1, -0.05) is 26.2 Å². The number of carbonyl (C=O) groups excluding carboxylic acids is 1. The molecule has 0 atom stereocenters. The summed E-state index contributed by atoms with van der Waals surface area (Å²) in [5, 5.41) is 7.39. The summed E-state index contributed by atoms with van der Waals surface area (Å²) in [7, 11) is 1.94. The minimum Gasteiger partial charge on any atom is -0.345 e. The third-order valence-electron chi connectivity index (χ3n) is 5.78. The maximum Gasteiger partial charge on any atom is 0.228 e. The normalized spacial score (nSPS) is 15.8. The molecular formula is C22H30FN3O. The van der Waals surface area contributed by atoms with Gasteiger partial charge in [0.25, 0.3) is 0 Å². The fraction of sp³-hybridized carbons (Fsp3) is 0.545. The quantitative estimate of drug-likeness (QED) is 0.666. The molecule has 3 rings (SSSR count). The summed E-state index contributed by atoms with van der Waals surface area (Å²) >= 11 is 0. The molecule has 0 spiro atoms. The number of hydrogen-bond acceptors (Lipinski definition) is 2. The number of amides is 1. The molecule has 27 heavy (non-hydrogen) atoms. The number of aromatic amines is 1. The summed E-state index contributed by atoms with van der Waals surface area (Å²) in [6.45, 7) is 2.95. The molecule has 146 valence electrons. The van der Waals surface area contributed by atoms with E-state index in [0.29, 0.717) is 5.91 Å². The van der Waals surface area contributed by atoms with Gasteiger partial charge in [0.2, 0.25) is 5.91 Å². The minimum atomic E-state index is -0.236. The van der Waals surface area contributed by atoms with E-state index in [0.717, 1.165) is 62.0 Å². The molecule has 5 heteroatoms. The highest BCUT2D eigenvalue weighted by Crippen LogP contribution is 2.38. The summed E-state index contributed by atoms with van der Waals surface area (Å²) < 4.78 is 13.0. The molecule has 1 aliphatic carbocycles. The fourth-order valence-corrected chi connectivity index (χ4v) is 4.03. The first kappa shape index (κ1) is 19.6. The average molecular weight is 372 g/mol. The Kier molecular flexibility index (Phi) is 6.30. The van der Waals surface area contributed by atoms with Gasteiger partial charge in [0, 0.05) is 30.3 Å². The van der Waals surface area contributed by atoms with Crippen LogP contribution >= 0.6 is 0 Å². The van der Waals surface area contributed by atoms with Crippen LogP contribution in [-0.4, -0.2) is 34.6 Å². The topological polar surface area (TPSA) is 49.0 Å². The van der Waals surface area contributed by atoms with Crippen molar-refractivity contribution in [2.45, 2.75) is 58.3 Å². The number of aryl methyl sites for hydroxylation is 1. The van der Waals surface area contributed by atoms with E-state index >= 15 is 0 Å². The second kappa shape index (κ2) is 8.68. The second-order valence-corrected chi connectivity index (χ2v) is 8.09. The maximum absolute atomic E-state index is 13.0. The van der Waals surface area contributed by atoms with Gasteiger partial charge in [-0.15, -0.1) is 0 Å². The van der Waals surface area contributed by atoms with Crippen molar-refractivity contribution in [2.75, 3.05) is 13.6 Å². The molecule has 0 aliphatic heterocycles. The lowest BCUT2D eigenvalue weighted by atomic mass is 9.87. The van der Waals surface area contributed by atoms with E-state index in [-0.39, 0.29) is 11.2 Å². The Bertz CT molecular complexity index is 747. The molecule has 1 heterocycles. The summed E-state index contributed by atoms with van der Waals surface area (Å²) in [6.07, 6.45) is 8.53. The number of nitrogens with one attached hydrogen (secondary N) is 1. The van der Waals surface area contributed by atoms with Gasteiger partial charge < -0.3 is 4.90 Å². The Labute approximate surface area is 161 Å². The van der Waals surface area contributed by atoms with Gasteiger partial charge in [0.15, 0.2) is 0 Å². The molecule has 4 nitrogen and oxygen atoms in total. The van der Waals surface area contributed by atoms with E-state index in [4.69, 9.17) is 0 Å². The Hall–Kier alpha value is -2.17. The van der Waals surface area contributed by atoms with E-state index in [2.05, 4.69) is 17.1 Å². The number of benzene rings is 1. The number of hydrogen-bond donors (Lipinski definition) is 1. The zero-order chi connectivity index (χ0) is 19.3. The number of rotatable bonds is 8. The van der Waals surface area contributed by atoms with Crippen LogP contribution in [-0.2, 0) is 11.2 Å². The highest BCUT2D eigenvalue weighted by Gasteiger charge is 2.37. The van der Waals surface area contributed by atoms with Crippen molar-refractivity contribution < 1.29 is 9.18 Å². The molecule has 1 aliphatic rings. The highest BCUT2D eigenvalue weighted by atomic mass is 19.1. The van der Waals surface area contributed by atoms with Crippen LogP contribution in [0.5, 0.6) is 0 Å². The Morgan fingerprint density at radius 3 is 2.59 bits per heavy atom. The van der Waals surface area contributed by atoms with E-state index in [1.54, 1.807) is 12.1 Å². The van der Waals surface area contributed by atoms with E-state index < -0.39 is 0 Å². The van der Waals surface area contributed by atoms with Gasteiger partial charge in [-0.2, -0.15) is 5.10 Å². The molecule has 1 N–H and O–H groups in total. The van der Waals surface area contributed by atoms with Crippen LogP contribution in [0.25, 0.3) is 11.3 Å². The Morgan fingerprint density at radius 1 is 1.19 bits per heavy atom. The van der Waals surface area contributed by atoms with Gasteiger partial charge in [0.05, 0.1) is 5.69 Å². The number of H-pyrrole nitrogens is 1. The first-order chi connectivity index (χ1) is 13.0. The minimum absolute atomic E-state index is 0.124. The number of halogens is 1. The standard InChI is InChI=1S/C22H30FN3O/c1-22(13-5-6-14-22)21(27)26(2)15-7-3-4-8-19-16-20(25-24-19)17-9-11-18(23)12-10-17/h9-12,16H,3-8,13-15H2,1-2H3,(H,24,25). The van der Waals surface area contributed by atoms with Gasteiger partial charge in [-0.25, -0.2) is 4.39 Å². The lowest BCUT2D eigenvalue weighted by molar-refractivity contribution is -0.139. The summed E-state index contributed by atoms with van der Waals surface area (Å²) in [6, 6.07) is 8.42. The van der Waals surface area contributed by atoms with E-state index in [1.165, 1.54) is 25.0 Å². The molecule has 1 saturated carbocycles. The zero-order valence-corrected chi connectivity index (χ0v) is 16.4. The van der Waals surface area contributed by atoms with E-state index in [9.17, 15) is 9.18 Å². The lowest BCUT2D eigenvalue weighted by Crippen LogP contribution is -2.39. The Morgan fingerprint density at radius 2 is 1.89 bits per heavy atom. The molecule has 1 aromatic carbocycles. The van der Waals surface area contributed by atoms with Crippen molar-refractivity contribution in [1.82, 2.24) is 15.1 Å². The van der Waals surface area contributed by atoms with Gasteiger partial charge in [-0.3, -0.25) is 9.89 Å². The first-order valence-corrected chi connectivity index (χ1v) is 10.0. The zero-order valence-electron chi connectivity index (χ0n) is 16.4. The van der Waals surface area contributed by atoms with Crippen LogP contribution in [0.4, 0.5) is 4.39 Å². The first-order valence-electron chi connectivity index (χ1n) is 10.0. The SMILES string of the molecule is CN(CCCCCc1cc(-c2ccc(F)cc2)n[nH]1)C(=O)C1(C)CCCC1. The van der Waals surface area contributed by atoms with Crippen molar-refractivity contribution in [3.63, 3.8) is 0 Å². The number of aromatic nitrogens is 2. The van der Waals surface area contributed by atoms with Crippen molar-refractivity contribution in [3.05, 3.63) is 41.8 Å². The highest BCUT2D eigenvalue weighted by molar-refractivity contribution is 5.82. The van der Waals surface area contributed by atoms with Gasteiger partial charge >= 0.3 is 0 Å². The average Bonchev–Trinajstić information content (AvgIpc) is 3.31. The van der Waals surface area contributed by atoms with Crippen LogP contribution < -0.4 is 0 Å². The Balaban J connectivity index is 1.38. The smallest absolute Gasteiger partial charge is 0.228 e.